The largest absolute Gasteiger partial charge is 0.338 e. The van der Waals surface area contributed by atoms with Crippen molar-refractivity contribution in [3.63, 3.8) is 0 Å². The second kappa shape index (κ2) is 4.02. The summed E-state index contributed by atoms with van der Waals surface area (Å²) in [4.78, 5) is 11.8. The Labute approximate surface area is 88.0 Å². The quantitative estimate of drug-likeness (QED) is 0.762. The van der Waals surface area contributed by atoms with Gasteiger partial charge in [-0.2, -0.15) is 0 Å². The van der Waals surface area contributed by atoms with E-state index in [1.54, 1.807) is 13.0 Å². The van der Waals surface area contributed by atoms with Crippen LogP contribution in [0.4, 0.5) is 5.88 Å². The van der Waals surface area contributed by atoms with E-state index in [1.807, 2.05) is 0 Å². The SMILES string of the molecule is Cc1cc(NC(=O)C2CCCC2N)on1. The summed E-state index contributed by atoms with van der Waals surface area (Å²) in [6, 6.07) is 1.67. The van der Waals surface area contributed by atoms with Crippen LogP contribution in [-0.4, -0.2) is 17.1 Å². The third-order valence-electron chi connectivity index (χ3n) is 2.78. The summed E-state index contributed by atoms with van der Waals surface area (Å²) in [6.07, 6.45) is 2.81. The first-order valence-electron chi connectivity index (χ1n) is 5.16. The van der Waals surface area contributed by atoms with Gasteiger partial charge in [-0.25, -0.2) is 0 Å². The highest BCUT2D eigenvalue weighted by Gasteiger charge is 2.30. The van der Waals surface area contributed by atoms with Crippen molar-refractivity contribution in [2.24, 2.45) is 11.7 Å². The molecule has 2 rings (SSSR count). The fourth-order valence-corrected chi connectivity index (χ4v) is 1.95. The van der Waals surface area contributed by atoms with E-state index in [4.69, 9.17) is 10.3 Å². The second-order valence-corrected chi connectivity index (χ2v) is 4.02. The molecule has 2 atom stereocenters. The van der Waals surface area contributed by atoms with Crippen molar-refractivity contribution >= 4 is 11.8 Å². The molecular weight excluding hydrogens is 194 g/mol. The Morgan fingerprint density at radius 1 is 1.67 bits per heavy atom. The minimum Gasteiger partial charge on any atom is -0.338 e. The van der Waals surface area contributed by atoms with Crippen LogP contribution in [0.15, 0.2) is 10.6 Å². The van der Waals surface area contributed by atoms with Crippen LogP contribution >= 0.6 is 0 Å². The molecule has 1 fully saturated rings. The van der Waals surface area contributed by atoms with Crippen LogP contribution in [0.25, 0.3) is 0 Å². The maximum Gasteiger partial charge on any atom is 0.231 e. The summed E-state index contributed by atoms with van der Waals surface area (Å²) in [7, 11) is 0. The fourth-order valence-electron chi connectivity index (χ4n) is 1.95. The standard InChI is InChI=1S/C10H15N3O2/c1-6-5-9(15-13-6)12-10(14)7-3-2-4-8(7)11/h5,7-8H,2-4,11H2,1H3,(H,12,14). The van der Waals surface area contributed by atoms with E-state index in [9.17, 15) is 4.79 Å². The molecule has 1 aliphatic carbocycles. The zero-order valence-corrected chi connectivity index (χ0v) is 8.69. The van der Waals surface area contributed by atoms with Gasteiger partial charge in [0.05, 0.1) is 11.6 Å². The van der Waals surface area contributed by atoms with Gasteiger partial charge in [0.1, 0.15) is 0 Å². The molecule has 1 heterocycles. The Bertz CT molecular complexity index is 361. The van der Waals surface area contributed by atoms with Crippen LogP contribution in [0.3, 0.4) is 0 Å². The van der Waals surface area contributed by atoms with Gasteiger partial charge in [-0.05, 0) is 19.8 Å². The molecule has 0 radical (unpaired) electrons. The summed E-state index contributed by atoms with van der Waals surface area (Å²) in [5.41, 5.74) is 6.58. The van der Waals surface area contributed by atoms with Crippen molar-refractivity contribution in [2.45, 2.75) is 32.2 Å². The van der Waals surface area contributed by atoms with Gasteiger partial charge in [0.15, 0.2) is 0 Å². The number of carbonyl (C=O) groups is 1. The van der Waals surface area contributed by atoms with E-state index in [0.717, 1.165) is 25.0 Å². The first kappa shape index (κ1) is 10.2. The van der Waals surface area contributed by atoms with Gasteiger partial charge in [-0.1, -0.05) is 11.6 Å². The molecule has 5 heteroatoms. The van der Waals surface area contributed by atoms with Crippen molar-refractivity contribution in [3.05, 3.63) is 11.8 Å². The molecule has 1 saturated carbocycles. The average molecular weight is 209 g/mol. The molecule has 0 saturated heterocycles. The van der Waals surface area contributed by atoms with Crippen LogP contribution in [0.5, 0.6) is 0 Å². The van der Waals surface area contributed by atoms with E-state index in [1.165, 1.54) is 0 Å². The molecule has 0 aliphatic heterocycles. The maximum absolute atomic E-state index is 11.8. The number of aryl methyl sites for hydroxylation is 1. The average Bonchev–Trinajstić information content (AvgIpc) is 2.75. The van der Waals surface area contributed by atoms with Crippen molar-refractivity contribution in [2.75, 3.05) is 5.32 Å². The van der Waals surface area contributed by atoms with Gasteiger partial charge in [0.25, 0.3) is 0 Å². The van der Waals surface area contributed by atoms with Crippen molar-refractivity contribution in [3.8, 4) is 0 Å². The lowest BCUT2D eigenvalue weighted by atomic mass is 10.0. The van der Waals surface area contributed by atoms with Crippen LogP contribution < -0.4 is 11.1 Å². The molecule has 0 bridgehead atoms. The van der Waals surface area contributed by atoms with Gasteiger partial charge >= 0.3 is 0 Å². The number of amides is 1. The Morgan fingerprint density at radius 2 is 2.47 bits per heavy atom. The van der Waals surface area contributed by atoms with E-state index < -0.39 is 0 Å². The van der Waals surface area contributed by atoms with Gasteiger partial charge in [-0.3, -0.25) is 10.1 Å². The van der Waals surface area contributed by atoms with E-state index >= 15 is 0 Å². The molecule has 2 unspecified atom stereocenters. The van der Waals surface area contributed by atoms with Gasteiger partial charge < -0.3 is 10.3 Å². The Hall–Kier alpha value is -1.36. The highest BCUT2D eigenvalue weighted by molar-refractivity contribution is 5.92. The second-order valence-electron chi connectivity index (χ2n) is 4.02. The number of rotatable bonds is 2. The zero-order chi connectivity index (χ0) is 10.8. The Balaban J connectivity index is 1.97. The molecule has 15 heavy (non-hydrogen) atoms. The predicted octanol–water partition coefficient (Wildman–Crippen LogP) is 1.05. The monoisotopic (exact) mass is 209 g/mol. The highest BCUT2D eigenvalue weighted by Crippen LogP contribution is 2.25. The van der Waals surface area contributed by atoms with E-state index in [-0.39, 0.29) is 17.9 Å². The van der Waals surface area contributed by atoms with E-state index in [0.29, 0.717) is 5.88 Å². The number of nitrogens with one attached hydrogen (secondary N) is 1. The fraction of sp³-hybridized carbons (Fsp3) is 0.600. The highest BCUT2D eigenvalue weighted by atomic mass is 16.5. The van der Waals surface area contributed by atoms with Crippen molar-refractivity contribution in [1.82, 2.24) is 5.16 Å². The number of anilines is 1. The molecular formula is C10H15N3O2. The number of hydrogen-bond donors (Lipinski definition) is 2. The summed E-state index contributed by atoms with van der Waals surface area (Å²) in [6.45, 7) is 1.81. The lowest BCUT2D eigenvalue weighted by Crippen LogP contribution is -2.34. The molecule has 1 aromatic heterocycles. The smallest absolute Gasteiger partial charge is 0.231 e. The maximum atomic E-state index is 11.8. The third kappa shape index (κ3) is 2.18. The number of nitrogens with two attached hydrogens (primary N) is 1. The first-order chi connectivity index (χ1) is 7.16. The molecule has 0 spiro atoms. The predicted molar refractivity (Wildman–Crippen MR) is 55.2 cm³/mol. The Morgan fingerprint density at radius 3 is 3.00 bits per heavy atom. The number of aromatic nitrogens is 1. The summed E-state index contributed by atoms with van der Waals surface area (Å²) in [5, 5.41) is 6.38. The Kier molecular flexibility index (Phi) is 2.73. The molecule has 1 aromatic rings. The van der Waals surface area contributed by atoms with Crippen LogP contribution in [0.2, 0.25) is 0 Å². The topological polar surface area (TPSA) is 81.2 Å². The van der Waals surface area contributed by atoms with Crippen molar-refractivity contribution in [1.29, 1.82) is 0 Å². The number of nitrogens with zero attached hydrogens (tertiary/aromatic N) is 1. The normalized spacial score (nSPS) is 25.5. The number of hydrogen-bond acceptors (Lipinski definition) is 4. The van der Waals surface area contributed by atoms with E-state index in [2.05, 4.69) is 10.5 Å². The van der Waals surface area contributed by atoms with Crippen LogP contribution in [-0.2, 0) is 4.79 Å². The molecule has 5 nitrogen and oxygen atoms in total. The molecule has 0 aromatic carbocycles. The summed E-state index contributed by atoms with van der Waals surface area (Å²) < 4.78 is 4.91. The van der Waals surface area contributed by atoms with Gasteiger partial charge in [0.2, 0.25) is 11.8 Å². The van der Waals surface area contributed by atoms with Crippen LogP contribution in [0.1, 0.15) is 25.0 Å². The molecule has 82 valence electrons. The zero-order valence-electron chi connectivity index (χ0n) is 8.69. The molecule has 1 aliphatic rings. The minimum absolute atomic E-state index is 0.0194. The molecule has 3 N–H and O–H groups in total. The lowest BCUT2D eigenvalue weighted by Gasteiger charge is -2.13. The minimum atomic E-state index is -0.0876. The summed E-state index contributed by atoms with van der Waals surface area (Å²) in [5.74, 6) is 0.253. The lowest BCUT2D eigenvalue weighted by molar-refractivity contribution is -0.120. The number of carbonyl (C=O) groups excluding carboxylic acids is 1. The summed E-state index contributed by atoms with van der Waals surface area (Å²) >= 11 is 0. The van der Waals surface area contributed by atoms with Gasteiger partial charge in [-0.15, -0.1) is 0 Å². The van der Waals surface area contributed by atoms with Crippen molar-refractivity contribution < 1.29 is 9.32 Å². The third-order valence-corrected chi connectivity index (χ3v) is 2.78. The molecule has 1 amide bonds. The van der Waals surface area contributed by atoms with Gasteiger partial charge in [0, 0.05) is 12.1 Å². The first-order valence-corrected chi connectivity index (χ1v) is 5.16. The van der Waals surface area contributed by atoms with Crippen LogP contribution in [0, 0.1) is 12.8 Å².